The van der Waals surface area contributed by atoms with E-state index in [-0.39, 0.29) is 55.4 Å². The van der Waals surface area contributed by atoms with Crippen LogP contribution in [0.1, 0.15) is 92.1 Å². The van der Waals surface area contributed by atoms with Crippen molar-refractivity contribution in [2.24, 2.45) is 0 Å². The predicted molar refractivity (Wildman–Crippen MR) is 228 cm³/mol. The number of nitrogens with zero attached hydrogens (tertiary/aromatic N) is 5. The van der Waals surface area contributed by atoms with Crippen LogP contribution in [0.25, 0.3) is 0 Å². The van der Waals surface area contributed by atoms with E-state index in [1.54, 1.807) is 86.0 Å². The lowest BCUT2D eigenvalue weighted by Gasteiger charge is -2.42. The summed E-state index contributed by atoms with van der Waals surface area (Å²) in [6.07, 6.45) is -4.94. The second-order valence-electron chi connectivity index (χ2n) is 17.0. The molecular weight excluding hydrogens is 843 g/mol. The van der Waals surface area contributed by atoms with E-state index in [9.17, 15) is 13.2 Å². The van der Waals surface area contributed by atoms with Crippen LogP contribution in [0.4, 0.5) is 33.9 Å². The van der Waals surface area contributed by atoms with Crippen molar-refractivity contribution in [1.29, 1.82) is 0 Å². The first-order valence-electron chi connectivity index (χ1n) is 20.7. The topological polar surface area (TPSA) is 124 Å². The molecule has 4 aromatic rings. The zero-order chi connectivity index (χ0) is 45.4. The SMILES string of the molecule is CCC#Cc1cc(N(Cc2ccc(OC)cc2)Cc2ccc(OC)cc2)c(F)c(C2Cc3nc(S(C)(=O)=O)nc(N4CC5CCC(C4)N5C(=O)OC(C)(C)C)c3CO2)c1C(F)(F)F. The van der Waals surface area contributed by atoms with Crippen LogP contribution in [-0.4, -0.2) is 80.6 Å². The van der Waals surface area contributed by atoms with Crippen LogP contribution in [0, 0.1) is 17.7 Å². The lowest BCUT2D eigenvalue weighted by atomic mass is 9.90. The molecule has 0 saturated carbocycles. The molecule has 2 bridgehead atoms. The molecule has 17 heteroatoms. The molecule has 2 saturated heterocycles. The summed E-state index contributed by atoms with van der Waals surface area (Å²) >= 11 is 0. The van der Waals surface area contributed by atoms with Gasteiger partial charge in [-0.25, -0.2) is 27.6 Å². The van der Waals surface area contributed by atoms with Gasteiger partial charge >= 0.3 is 12.3 Å². The number of hydrogen-bond acceptors (Lipinski definition) is 11. The highest BCUT2D eigenvalue weighted by molar-refractivity contribution is 7.90. The van der Waals surface area contributed by atoms with Crippen LogP contribution in [0.15, 0.2) is 59.8 Å². The maximum atomic E-state index is 17.7. The fourth-order valence-corrected chi connectivity index (χ4v) is 8.97. The van der Waals surface area contributed by atoms with Crippen molar-refractivity contribution < 1.29 is 49.7 Å². The van der Waals surface area contributed by atoms with E-state index in [0.717, 1.165) is 23.4 Å². The Bertz CT molecular complexity index is 2460. The Hall–Kier alpha value is -5.60. The maximum Gasteiger partial charge on any atom is 0.418 e. The summed E-state index contributed by atoms with van der Waals surface area (Å²) in [7, 11) is -0.988. The number of alkyl halides is 3. The van der Waals surface area contributed by atoms with Gasteiger partial charge in [0.1, 0.15) is 22.9 Å². The molecule has 3 unspecified atom stereocenters. The lowest BCUT2D eigenvalue weighted by Crippen LogP contribution is -2.57. The van der Waals surface area contributed by atoms with Crippen molar-refractivity contribution in [3.05, 3.63) is 99.5 Å². The number of methoxy groups -OCH3 is 2. The average Bonchev–Trinajstić information content (AvgIpc) is 3.50. The third kappa shape index (κ3) is 9.97. The van der Waals surface area contributed by atoms with Crippen LogP contribution in [0.5, 0.6) is 11.5 Å². The zero-order valence-corrected chi connectivity index (χ0v) is 37.1. The van der Waals surface area contributed by atoms with Crippen molar-refractivity contribution in [2.45, 2.75) is 108 Å². The minimum atomic E-state index is -5.07. The summed E-state index contributed by atoms with van der Waals surface area (Å²) in [5.74, 6) is 5.69. The van der Waals surface area contributed by atoms with Crippen LogP contribution in [-0.2, 0) is 51.6 Å². The van der Waals surface area contributed by atoms with Gasteiger partial charge in [0.25, 0.3) is 0 Å². The van der Waals surface area contributed by atoms with E-state index in [4.69, 9.17) is 18.9 Å². The molecule has 0 spiro atoms. The Kier molecular flexibility index (Phi) is 12.9. The molecule has 4 heterocycles. The molecule has 12 nitrogen and oxygen atoms in total. The first-order valence-corrected chi connectivity index (χ1v) is 22.6. The molecule has 1 amide bonds. The van der Waals surface area contributed by atoms with Gasteiger partial charge < -0.3 is 28.7 Å². The first-order chi connectivity index (χ1) is 29.8. The molecule has 0 aliphatic carbocycles. The third-order valence-corrected chi connectivity index (χ3v) is 12.1. The average molecular weight is 894 g/mol. The summed E-state index contributed by atoms with van der Waals surface area (Å²) in [5, 5.41) is -0.524. The number of sulfone groups is 1. The Morgan fingerprint density at radius 3 is 2.00 bits per heavy atom. The van der Waals surface area contributed by atoms with E-state index >= 15 is 17.6 Å². The zero-order valence-electron chi connectivity index (χ0n) is 36.3. The van der Waals surface area contributed by atoms with Gasteiger partial charge in [0, 0.05) is 62.0 Å². The lowest BCUT2D eigenvalue weighted by molar-refractivity contribution is -0.140. The van der Waals surface area contributed by atoms with Gasteiger partial charge in [0.15, 0.2) is 5.82 Å². The summed E-state index contributed by atoms with van der Waals surface area (Å²) < 4.78 is 113. The number of fused-ring (bicyclic) bond motifs is 3. The fourth-order valence-electron chi connectivity index (χ4n) is 8.45. The van der Waals surface area contributed by atoms with E-state index in [1.807, 2.05) is 4.90 Å². The van der Waals surface area contributed by atoms with Crippen molar-refractivity contribution >= 4 is 27.4 Å². The summed E-state index contributed by atoms with van der Waals surface area (Å²) in [6.45, 7) is 7.47. The number of amides is 1. The molecule has 3 aromatic carbocycles. The molecule has 2 fully saturated rings. The van der Waals surface area contributed by atoms with Gasteiger partial charge in [-0.1, -0.05) is 43.0 Å². The number of carbonyl (C=O) groups excluding carboxylic acids is 1. The molecule has 3 aliphatic heterocycles. The second kappa shape index (κ2) is 17.9. The molecule has 336 valence electrons. The number of rotatable bonds is 10. The highest BCUT2D eigenvalue weighted by atomic mass is 32.2. The molecule has 0 N–H and O–H groups in total. The van der Waals surface area contributed by atoms with Gasteiger partial charge in [0.2, 0.25) is 15.0 Å². The third-order valence-electron chi connectivity index (χ3n) is 11.3. The first kappa shape index (κ1) is 45.4. The molecule has 1 aromatic heterocycles. The van der Waals surface area contributed by atoms with Gasteiger partial charge in [-0.3, -0.25) is 4.90 Å². The number of carbonyl (C=O) groups is 1. The number of hydrogen-bond donors (Lipinski definition) is 0. The normalized spacial score (nSPS) is 18.6. The molecular formula is C46H51F4N5O7S. The number of halogens is 4. The highest BCUT2D eigenvalue weighted by Crippen LogP contribution is 2.46. The van der Waals surface area contributed by atoms with Crippen LogP contribution >= 0.6 is 0 Å². The monoisotopic (exact) mass is 893 g/mol. The number of piperazine rings is 1. The summed E-state index contributed by atoms with van der Waals surface area (Å²) in [6, 6.07) is 14.8. The van der Waals surface area contributed by atoms with Crippen LogP contribution < -0.4 is 19.3 Å². The van der Waals surface area contributed by atoms with Crippen molar-refractivity contribution in [1.82, 2.24) is 14.9 Å². The van der Waals surface area contributed by atoms with Crippen molar-refractivity contribution in [3.8, 4) is 23.3 Å². The van der Waals surface area contributed by atoms with Gasteiger partial charge in [0.05, 0.1) is 56.0 Å². The second-order valence-corrected chi connectivity index (χ2v) is 18.9. The minimum absolute atomic E-state index is 0.0875. The van der Waals surface area contributed by atoms with E-state index in [2.05, 4.69) is 21.8 Å². The Balaban J connectivity index is 1.33. The molecule has 0 radical (unpaired) electrons. The number of benzene rings is 3. The summed E-state index contributed by atoms with van der Waals surface area (Å²) in [5.41, 5.74) is -1.37. The number of ether oxygens (including phenoxy) is 4. The van der Waals surface area contributed by atoms with Crippen molar-refractivity contribution in [2.75, 3.05) is 43.4 Å². The Morgan fingerprint density at radius 2 is 1.51 bits per heavy atom. The maximum absolute atomic E-state index is 17.7. The van der Waals surface area contributed by atoms with Gasteiger partial charge in [-0.15, -0.1) is 0 Å². The van der Waals surface area contributed by atoms with Crippen molar-refractivity contribution in [3.63, 3.8) is 0 Å². The van der Waals surface area contributed by atoms with E-state index < -0.39 is 67.9 Å². The number of anilines is 2. The standard InChI is InChI=1S/C46H51F4N5O7S/c1-8-9-10-30-21-37(53(23-28-11-17-33(59-5)18-12-28)24-29-13-19-34(60-6)20-14-29)41(47)39(40(30)46(48,49)50)38-22-36-35(27-61-38)42(52-43(51-36)63(7,57)58)54-25-31-15-16-32(26-54)55(31)44(56)62-45(2,3)4/h11-14,17-21,31-32,38H,8,15-16,22-27H2,1-7H3. The molecule has 3 atom stereocenters. The Labute approximate surface area is 365 Å². The predicted octanol–water partition coefficient (Wildman–Crippen LogP) is 8.43. The highest BCUT2D eigenvalue weighted by Gasteiger charge is 2.47. The largest absolute Gasteiger partial charge is 0.497 e. The van der Waals surface area contributed by atoms with Crippen LogP contribution in [0.2, 0.25) is 0 Å². The van der Waals surface area contributed by atoms with E-state index in [1.165, 1.54) is 14.2 Å². The fraction of sp³-hybridized carbons (Fsp3) is 0.457. The molecule has 3 aliphatic rings. The van der Waals surface area contributed by atoms with E-state index in [0.29, 0.717) is 43.0 Å². The quantitative estimate of drug-likeness (QED) is 0.0866. The summed E-state index contributed by atoms with van der Waals surface area (Å²) in [4.78, 5) is 27.4. The van der Waals surface area contributed by atoms with Gasteiger partial charge in [-0.05, 0) is 75.1 Å². The van der Waals surface area contributed by atoms with Crippen LogP contribution in [0.3, 0.4) is 0 Å². The Morgan fingerprint density at radius 1 is 0.937 bits per heavy atom. The smallest absolute Gasteiger partial charge is 0.418 e. The molecule has 63 heavy (non-hydrogen) atoms. The molecule has 7 rings (SSSR count). The van der Waals surface area contributed by atoms with Gasteiger partial charge in [-0.2, -0.15) is 13.2 Å². The number of aromatic nitrogens is 2. The minimum Gasteiger partial charge on any atom is -0.497 e.